The van der Waals surface area contributed by atoms with E-state index in [1.165, 1.54) is 5.56 Å². The molecule has 0 atom stereocenters. The Morgan fingerprint density at radius 1 is 1.23 bits per heavy atom. The number of nitrogens with zero attached hydrogens (tertiary/aromatic N) is 1. The third kappa shape index (κ3) is 5.47. The normalized spacial score (nSPS) is 15.6. The molecule has 1 aromatic carbocycles. The van der Waals surface area contributed by atoms with Crippen molar-refractivity contribution in [3.8, 4) is 11.5 Å². The zero-order valence-electron chi connectivity index (χ0n) is 15.1. The number of carbonyl (C=O) groups excluding carboxylic acids is 1. The van der Waals surface area contributed by atoms with E-state index in [0.717, 1.165) is 39.0 Å². The highest BCUT2D eigenvalue weighted by Gasteiger charge is 2.20. The Morgan fingerprint density at radius 3 is 2.69 bits per heavy atom. The topological polar surface area (TPSA) is 50.8 Å². The number of methoxy groups -OCH3 is 1. The number of nitrogens with one attached hydrogen (secondary N) is 1. The second-order valence-corrected chi connectivity index (χ2v) is 7.37. The molecule has 6 heteroatoms. The maximum absolute atomic E-state index is 12.0. The second-order valence-electron chi connectivity index (χ2n) is 6.59. The van der Waals surface area contributed by atoms with E-state index in [1.54, 1.807) is 24.5 Å². The first-order valence-electron chi connectivity index (χ1n) is 9.00. The number of thiophene rings is 1. The fourth-order valence-electron chi connectivity index (χ4n) is 3.18. The lowest BCUT2D eigenvalue weighted by Crippen LogP contribution is -2.39. The molecule has 26 heavy (non-hydrogen) atoms. The van der Waals surface area contributed by atoms with E-state index in [9.17, 15) is 4.79 Å². The summed E-state index contributed by atoms with van der Waals surface area (Å²) in [6.07, 6.45) is 2.25. The first kappa shape index (κ1) is 18.7. The van der Waals surface area contributed by atoms with Crippen LogP contribution in [0.25, 0.3) is 0 Å². The number of rotatable bonds is 8. The van der Waals surface area contributed by atoms with Crippen molar-refractivity contribution in [3.63, 3.8) is 0 Å². The van der Waals surface area contributed by atoms with Gasteiger partial charge in [0, 0.05) is 13.1 Å². The Bertz CT molecular complexity index is 682. The van der Waals surface area contributed by atoms with Gasteiger partial charge in [0.2, 0.25) is 0 Å². The average Bonchev–Trinajstić information content (AvgIpc) is 3.19. The van der Waals surface area contributed by atoms with Crippen molar-refractivity contribution in [2.75, 3.05) is 33.4 Å². The van der Waals surface area contributed by atoms with Crippen molar-refractivity contribution < 1.29 is 14.3 Å². The molecule has 1 amide bonds. The standard InChI is InChI=1S/C20H26N2O3S/c1-24-18-4-2-3-5-19(18)25-14-20(23)21-12-16-6-9-22(10-7-16)13-17-8-11-26-15-17/h2-5,8,11,15-16H,6-7,9-10,12-14H2,1H3,(H,21,23). The molecular formula is C20H26N2O3S. The predicted molar refractivity (Wildman–Crippen MR) is 104 cm³/mol. The number of ether oxygens (including phenoxy) is 2. The number of benzene rings is 1. The molecule has 1 N–H and O–H groups in total. The van der Waals surface area contributed by atoms with Gasteiger partial charge in [0.05, 0.1) is 7.11 Å². The molecule has 0 aliphatic carbocycles. The molecule has 0 saturated carbocycles. The van der Waals surface area contributed by atoms with Crippen LogP contribution in [0.15, 0.2) is 41.1 Å². The highest BCUT2D eigenvalue weighted by Crippen LogP contribution is 2.25. The van der Waals surface area contributed by atoms with Crippen molar-refractivity contribution >= 4 is 17.2 Å². The van der Waals surface area contributed by atoms with Crippen molar-refractivity contribution in [2.45, 2.75) is 19.4 Å². The average molecular weight is 375 g/mol. The van der Waals surface area contributed by atoms with Gasteiger partial charge in [-0.3, -0.25) is 9.69 Å². The van der Waals surface area contributed by atoms with Gasteiger partial charge in [0.25, 0.3) is 5.91 Å². The molecule has 0 radical (unpaired) electrons. The van der Waals surface area contributed by atoms with Crippen LogP contribution < -0.4 is 14.8 Å². The maximum atomic E-state index is 12.0. The lowest BCUT2D eigenvalue weighted by Gasteiger charge is -2.31. The number of hydrogen-bond acceptors (Lipinski definition) is 5. The summed E-state index contributed by atoms with van der Waals surface area (Å²) in [4.78, 5) is 14.5. The van der Waals surface area contributed by atoms with Crippen LogP contribution in [0.4, 0.5) is 0 Å². The summed E-state index contributed by atoms with van der Waals surface area (Å²) >= 11 is 1.75. The fourth-order valence-corrected chi connectivity index (χ4v) is 3.84. The molecule has 3 rings (SSSR count). The Kier molecular flexibility index (Phi) is 6.91. The second kappa shape index (κ2) is 9.59. The van der Waals surface area contributed by atoms with Gasteiger partial charge in [-0.15, -0.1) is 0 Å². The number of para-hydroxylation sites is 2. The monoisotopic (exact) mass is 374 g/mol. The number of carbonyl (C=O) groups is 1. The number of likely N-dealkylation sites (tertiary alicyclic amines) is 1. The van der Waals surface area contributed by atoms with Crippen LogP contribution in [-0.4, -0.2) is 44.2 Å². The molecule has 5 nitrogen and oxygen atoms in total. The van der Waals surface area contributed by atoms with Crippen LogP contribution in [-0.2, 0) is 11.3 Å². The van der Waals surface area contributed by atoms with E-state index in [2.05, 4.69) is 27.0 Å². The summed E-state index contributed by atoms with van der Waals surface area (Å²) in [5.74, 6) is 1.69. The highest BCUT2D eigenvalue weighted by atomic mass is 32.1. The molecule has 1 aromatic heterocycles. The zero-order valence-corrected chi connectivity index (χ0v) is 16.0. The Morgan fingerprint density at radius 2 is 2.00 bits per heavy atom. The lowest BCUT2D eigenvalue weighted by atomic mass is 9.96. The van der Waals surface area contributed by atoms with E-state index in [1.807, 2.05) is 18.2 Å². The summed E-state index contributed by atoms with van der Waals surface area (Å²) in [5, 5.41) is 7.34. The summed E-state index contributed by atoms with van der Waals surface area (Å²) in [5.41, 5.74) is 1.40. The quantitative estimate of drug-likeness (QED) is 0.771. The molecule has 140 valence electrons. The minimum absolute atomic E-state index is 0.0113. The van der Waals surface area contributed by atoms with Crippen molar-refractivity contribution in [2.24, 2.45) is 5.92 Å². The predicted octanol–water partition coefficient (Wildman–Crippen LogP) is 3.16. The first-order chi connectivity index (χ1) is 12.7. The van der Waals surface area contributed by atoms with E-state index in [-0.39, 0.29) is 12.5 Å². The Labute approximate surface area is 158 Å². The molecule has 2 aromatic rings. The van der Waals surface area contributed by atoms with Crippen LogP contribution in [0.2, 0.25) is 0 Å². The molecule has 0 bridgehead atoms. The maximum Gasteiger partial charge on any atom is 0.257 e. The van der Waals surface area contributed by atoms with Gasteiger partial charge in [-0.2, -0.15) is 11.3 Å². The van der Waals surface area contributed by atoms with Gasteiger partial charge in [-0.05, 0) is 66.4 Å². The fraction of sp³-hybridized carbons (Fsp3) is 0.450. The molecule has 0 unspecified atom stereocenters. The third-order valence-electron chi connectivity index (χ3n) is 4.71. The van der Waals surface area contributed by atoms with E-state index in [4.69, 9.17) is 9.47 Å². The molecule has 2 heterocycles. The third-order valence-corrected chi connectivity index (χ3v) is 5.44. The van der Waals surface area contributed by atoms with E-state index in [0.29, 0.717) is 17.4 Å². The van der Waals surface area contributed by atoms with Crippen molar-refractivity contribution in [3.05, 3.63) is 46.7 Å². The van der Waals surface area contributed by atoms with Crippen molar-refractivity contribution in [1.82, 2.24) is 10.2 Å². The van der Waals surface area contributed by atoms with E-state index < -0.39 is 0 Å². The number of hydrogen-bond donors (Lipinski definition) is 1. The summed E-state index contributed by atoms with van der Waals surface area (Å²) in [7, 11) is 1.59. The number of amides is 1. The summed E-state index contributed by atoms with van der Waals surface area (Å²) < 4.78 is 10.8. The van der Waals surface area contributed by atoms with Gasteiger partial charge in [0.15, 0.2) is 18.1 Å². The minimum Gasteiger partial charge on any atom is -0.493 e. The lowest BCUT2D eigenvalue weighted by molar-refractivity contribution is -0.123. The zero-order chi connectivity index (χ0) is 18.2. The minimum atomic E-state index is -0.0865. The summed E-state index contributed by atoms with van der Waals surface area (Å²) in [6.45, 7) is 3.95. The molecule has 1 fully saturated rings. The SMILES string of the molecule is COc1ccccc1OCC(=O)NCC1CCN(Cc2ccsc2)CC1. The largest absolute Gasteiger partial charge is 0.493 e. The Hall–Kier alpha value is -2.05. The molecule has 0 spiro atoms. The molecular weight excluding hydrogens is 348 g/mol. The number of piperidine rings is 1. The Balaban J connectivity index is 1.34. The van der Waals surface area contributed by atoms with Gasteiger partial charge in [-0.25, -0.2) is 0 Å². The first-order valence-corrected chi connectivity index (χ1v) is 9.95. The van der Waals surface area contributed by atoms with Gasteiger partial charge in [-0.1, -0.05) is 12.1 Å². The highest BCUT2D eigenvalue weighted by molar-refractivity contribution is 7.07. The van der Waals surface area contributed by atoms with Gasteiger partial charge < -0.3 is 14.8 Å². The van der Waals surface area contributed by atoms with Crippen LogP contribution in [0.1, 0.15) is 18.4 Å². The van der Waals surface area contributed by atoms with Crippen LogP contribution in [0, 0.1) is 5.92 Å². The summed E-state index contributed by atoms with van der Waals surface area (Å²) in [6, 6.07) is 9.54. The molecule has 1 saturated heterocycles. The van der Waals surface area contributed by atoms with E-state index >= 15 is 0 Å². The van der Waals surface area contributed by atoms with Crippen LogP contribution in [0.3, 0.4) is 0 Å². The smallest absolute Gasteiger partial charge is 0.257 e. The van der Waals surface area contributed by atoms with Gasteiger partial charge in [0.1, 0.15) is 0 Å². The van der Waals surface area contributed by atoms with Crippen LogP contribution >= 0.6 is 11.3 Å². The molecule has 1 aliphatic rings. The molecule has 1 aliphatic heterocycles. The van der Waals surface area contributed by atoms with Crippen molar-refractivity contribution in [1.29, 1.82) is 0 Å². The van der Waals surface area contributed by atoms with Gasteiger partial charge >= 0.3 is 0 Å². The van der Waals surface area contributed by atoms with Crippen LogP contribution in [0.5, 0.6) is 11.5 Å².